The minimum Gasteiger partial charge on any atom is -0.504 e. The van der Waals surface area contributed by atoms with Gasteiger partial charge in [-0.25, -0.2) is 9.78 Å². The Hall–Kier alpha value is -9.32. The van der Waals surface area contributed by atoms with E-state index >= 15 is 0 Å². The second-order valence-electron chi connectivity index (χ2n) is 13.1. The third kappa shape index (κ3) is 10.1. The molecule has 9 N–H and O–H groups in total. The van der Waals surface area contributed by atoms with E-state index in [-0.39, 0.29) is 51.8 Å². The first-order chi connectivity index (χ1) is 30.3. The molecular formula is C42H34N10O11. The summed E-state index contributed by atoms with van der Waals surface area (Å²) in [6, 6.07) is 20.2. The van der Waals surface area contributed by atoms with Gasteiger partial charge in [-0.2, -0.15) is 20.7 Å². The number of amides is 5. The maximum Gasteiger partial charge on any atom is 0.339 e. The number of carboxylic acid groups (broad SMARTS) is 1. The summed E-state index contributed by atoms with van der Waals surface area (Å²) in [5.41, 5.74) is 0.772. The number of aromatic hydroxyl groups is 2. The van der Waals surface area contributed by atoms with Crippen molar-refractivity contribution in [3.63, 3.8) is 0 Å². The van der Waals surface area contributed by atoms with E-state index in [1.165, 1.54) is 98.4 Å². The molecule has 0 saturated carbocycles. The molecule has 21 heteroatoms. The molecule has 0 aliphatic carbocycles. The van der Waals surface area contributed by atoms with Gasteiger partial charge in [0.15, 0.2) is 23.0 Å². The molecular weight excluding hydrogens is 821 g/mol. The predicted octanol–water partition coefficient (Wildman–Crippen LogP) is 3.93. The average molecular weight is 855 g/mol. The summed E-state index contributed by atoms with van der Waals surface area (Å²) in [4.78, 5) is 81.3. The molecule has 0 spiro atoms. The number of anilines is 4. The van der Waals surface area contributed by atoms with Crippen molar-refractivity contribution in [1.82, 2.24) is 25.7 Å². The summed E-state index contributed by atoms with van der Waals surface area (Å²) in [5, 5.41) is 62.6. The van der Waals surface area contributed by atoms with Crippen molar-refractivity contribution in [3.8, 4) is 29.1 Å². The number of benzene rings is 4. The summed E-state index contributed by atoms with van der Waals surface area (Å²) >= 11 is 0. The van der Waals surface area contributed by atoms with Gasteiger partial charge in [0, 0.05) is 23.2 Å². The number of carbonyl (C=O) groups is 6. The van der Waals surface area contributed by atoms with Gasteiger partial charge in [0.1, 0.15) is 17.3 Å². The van der Waals surface area contributed by atoms with Crippen LogP contribution >= 0.6 is 0 Å². The highest BCUT2D eigenvalue weighted by atomic mass is 16.5. The van der Waals surface area contributed by atoms with Crippen LogP contribution in [0, 0.1) is 11.3 Å². The smallest absolute Gasteiger partial charge is 0.339 e. The molecule has 2 heterocycles. The number of ether oxygens (including phenoxy) is 2. The van der Waals surface area contributed by atoms with Crippen LogP contribution in [0.2, 0.25) is 0 Å². The number of aromatic nitrogens is 4. The van der Waals surface area contributed by atoms with Crippen LogP contribution < -0.4 is 36.1 Å². The first-order valence-corrected chi connectivity index (χ1v) is 18.3. The zero-order chi connectivity index (χ0) is 45.2. The Morgan fingerprint density at radius 3 is 1.84 bits per heavy atom. The first kappa shape index (κ1) is 43.3. The van der Waals surface area contributed by atoms with Gasteiger partial charge in [-0.15, -0.1) is 0 Å². The molecule has 1 atom stereocenters. The highest BCUT2D eigenvalue weighted by Crippen LogP contribution is 2.40. The molecule has 0 fully saturated rings. The number of nitrogens with one attached hydrogen (secondary N) is 6. The molecule has 6 rings (SSSR count). The lowest BCUT2D eigenvalue weighted by atomic mass is 10.1. The minimum absolute atomic E-state index is 0.0503. The maximum atomic E-state index is 13.5. The predicted molar refractivity (Wildman–Crippen MR) is 222 cm³/mol. The lowest BCUT2D eigenvalue weighted by molar-refractivity contribution is -0.118. The Kier molecular flexibility index (Phi) is 13.2. The summed E-state index contributed by atoms with van der Waals surface area (Å²) in [6.07, 6.45) is 2.52. The fourth-order valence-corrected chi connectivity index (χ4v) is 5.90. The van der Waals surface area contributed by atoms with Gasteiger partial charge >= 0.3 is 5.97 Å². The number of pyridine rings is 1. The van der Waals surface area contributed by atoms with Crippen LogP contribution in [0.15, 0.2) is 97.3 Å². The van der Waals surface area contributed by atoms with Crippen LogP contribution in [0.5, 0.6) is 23.0 Å². The van der Waals surface area contributed by atoms with Crippen LogP contribution in [0.25, 0.3) is 0 Å². The number of aromatic amines is 1. The Bertz CT molecular complexity index is 2750. The van der Waals surface area contributed by atoms with Crippen LogP contribution in [-0.2, 0) is 11.2 Å². The SMILES string of the molecule is COc1c(NC(=O)c2ccc(NC(=O)c3ccc(NC(=O)C(Cc4cn[nH]n4)NC(=O)c4ccc(NC(=O)c5ccc(C#N)cc5)cc4)cn3)c(OC)c2O)ccc(C(=O)O)c1O. The number of nitriles is 1. The Morgan fingerprint density at radius 1 is 0.683 bits per heavy atom. The second-order valence-corrected chi connectivity index (χ2v) is 13.1. The van der Waals surface area contributed by atoms with E-state index < -0.39 is 58.6 Å². The molecule has 0 saturated heterocycles. The fourth-order valence-electron chi connectivity index (χ4n) is 5.90. The van der Waals surface area contributed by atoms with Crippen molar-refractivity contribution < 1.29 is 53.6 Å². The van der Waals surface area contributed by atoms with Gasteiger partial charge in [0.25, 0.3) is 23.6 Å². The number of carboxylic acids is 1. The highest BCUT2D eigenvalue weighted by molar-refractivity contribution is 6.10. The van der Waals surface area contributed by atoms with Crippen molar-refractivity contribution in [3.05, 3.63) is 137 Å². The van der Waals surface area contributed by atoms with Crippen molar-refractivity contribution in [2.75, 3.05) is 35.5 Å². The number of rotatable bonds is 15. The number of methoxy groups -OCH3 is 2. The lowest BCUT2D eigenvalue weighted by Gasteiger charge is -2.18. The molecule has 0 bridgehead atoms. The lowest BCUT2D eigenvalue weighted by Crippen LogP contribution is -2.45. The molecule has 0 radical (unpaired) electrons. The van der Waals surface area contributed by atoms with Crippen molar-refractivity contribution in [2.45, 2.75) is 12.5 Å². The van der Waals surface area contributed by atoms with Gasteiger partial charge < -0.3 is 51.4 Å². The van der Waals surface area contributed by atoms with Crippen molar-refractivity contribution in [1.29, 1.82) is 5.26 Å². The van der Waals surface area contributed by atoms with E-state index in [0.29, 0.717) is 22.5 Å². The first-order valence-electron chi connectivity index (χ1n) is 18.3. The second kappa shape index (κ2) is 19.2. The molecule has 2 aromatic heterocycles. The van der Waals surface area contributed by atoms with E-state index in [9.17, 15) is 44.1 Å². The molecule has 21 nitrogen and oxygen atoms in total. The molecule has 0 aliphatic rings. The Morgan fingerprint density at radius 2 is 1.27 bits per heavy atom. The van der Waals surface area contributed by atoms with Crippen LogP contribution in [-0.4, -0.2) is 91.5 Å². The van der Waals surface area contributed by atoms with Gasteiger partial charge in [-0.05, 0) is 84.9 Å². The molecule has 63 heavy (non-hydrogen) atoms. The Labute approximate surface area is 355 Å². The topological polar surface area (TPSA) is 320 Å². The maximum absolute atomic E-state index is 13.5. The molecule has 6 aromatic rings. The molecule has 4 aromatic carbocycles. The average Bonchev–Trinajstić information content (AvgIpc) is 3.80. The van der Waals surface area contributed by atoms with Gasteiger partial charge in [0.05, 0.1) is 66.6 Å². The minimum atomic E-state index is -1.43. The van der Waals surface area contributed by atoms with E-state index in [0.717, 1.165) is 13.2 Å². The third-order valence-electron chi connectivity index (χ3n) is 9.09. The van der Waals surface area contributed by atoms with E-state index in [2.05, 4.69) is 47.0 Å². The molecule has 318 valence electrons. The van der Waals surface area contributed by atoms with Gasteiger partial charge in [-0.1, -0.05) is 0 Å². The number of aromatic carboxylic acids is 1. The number of nitrogens with zero attached hydrogens (tertiary/aromatic N) is 4. The summed E-state index contributed by atoms with van der Waals surface area (Å²) < 4.78 is 10.3. The molecule has 0 aliphatic heterocycles. The number of phenolic OH excluding ortho intramolecular Hbond substituents is 1. The van der Waals surface area contributed by atoms with Crippen LogP contribution in [0.4, 0.5) is 22.7 Å². The standard InChI is InChI=1S/C42H34N10O11/c1-62-35-30(15-12-27(33(35)53)39(57)48-29-16-13-28(42(60)61)34(54)36(29)63-2)49-40(58)31-14-11-25(19-44-31)47-41(59)32(17-26-20-45-52-51-26)50-38(56)23-7-9-24(10-8-23)46-37(55)22-5-3-21(18-43)4-6-22/h3-16,19-20,32,53-54H,17H2,1-2H3,(H,46,55)(H,47,59)(H,48,57)(H,49,58)(H,50,56)(H,60,61)(H,45,51,52). The number of hydrogen-bond acceptors (Lipinski definition) is 14. The van der Waals surface area contributed by atoms with Crippen LogP contribution in [0.3, 0.4) is 0 Å². The fraction of sp³-hybridized carbons (Fsp3) is 0.0952. The van der Waals surface area contributed by atoms with E-state index in [1.807, 2.05) is 6.07 Å². The number of carbonyl (C=O) groups excluding carboxylic acids is 5. The number of phenols is 2. The van der Waals surface area contributed by atoms with Crippen molar-refractivity contribution >= 4 is 58.3 Å². The number of hydrogen-bond donors (Lipinski definition) is 9. The van der Waals surface area contributed by atoms with Gasteiger partial charge in [0.2, 0.25) is 5.91 Å². The zero-order valence-corrected chi connectivity index (χ0v) is 32.9. The molecule has 1 unspecified atom stereocenters. The zero-order valence-electron chi connectivity index (χ0n) is 32.9. The summed E-state index contributed by atoms with van der Waals surface area (Å²) in [6.45, 7) is 0. The van der Waals surface area contributed by atoms with E-state index in [4.69, 9.17) is 14.7 Å². The summed E-state index contributed by atoms with van der Waals surface area (Å²) in [7, 11) is 2.34. The quantitative estimate of drug-likeness (QED) is 0.0707. The van der Waals surface area contributed by atoms with Gasteiger partial charge in [-0.3, -0.25) is 24.0 Å². The van der Waals surface area contributed by atoms with E-state index in [1.54, 1.807) is 0 Å². The van der Waals surface area contributed by atoms with Crippen LogP contribution in [0.1, 0.15) is 63.2 Å². The monoisotopic (exact) mass is 854 g/mol. The largest absolute Gasteiger partial charge is 0.504 e. The number of H-pyrrole nitrogens is 1. The normalized spacial score (nSPS) is 10.9. The summed E-state index contributed by atoms with van der Waals surface area (Å²) in [5.74, 6) is -6.81. The van der Waals surface area contributed by atoms with Crippen molar-refractivity contribution in [2.24, 2.45) is 0 Å². The Balaban J connectivity index is 1.09. The molecule has 5 amide bonds. The highest BCUT2D eigenvalue weighted by Gasteiger charge is 2.26. The third-order valence-corrected chi connectivity index (χ3v) is 9.09.